The third-order valence-corrected chi connectivity index (χ3v) is 14.5. The molecule has 0 bridgehead atoms. The van der Waals surface area contributed by atoms with E-state index in [1.807, 2.05) is 6.20 Å². The monoisotopic (exact) mass is 866 g/mol. The summed E-state index contributed by atoms with van der Waals surface area (Å²) in [6.45, 7) is 30.6. The summed E-state index contributed by atoms with van der Waals surface area (Å²) < 4.78 is 13.8. The molecule has 1 aliphatic heterocycles. The number of imidazole rings is 1. The highest BCUT2D eigenvalue weighted by Crippen LogP contribution is 2.65. The van der Waals surface area contributed by atoms with E-state index in [1.54, 1.807) is 0 Å². The largest absolute Gasteiger partial charge is 0.458 e. The molecule has 5 heteroatoms. The second-order valence-corrected chi connectivity index (χ2v) is 23.3. The minimum absolute atomic E-state index is 0.0540. The van der Waals surface area contributed by atoms with Crippen LogP contribution < -0.4 is 9.30 Å². The molecule has 0 N–H and O–H groups in total. The second-order valence-electron chi connectivity index (χ2n) is 23.3. The molecule has 0 unspecified atom stereocenters. The van der Waals surface area contributed by atoms with Crippen molar-refractivity contribution in [2.75, 3.05) is 0 Å². The molecule has 0 atom stereocenters. The number of fused-ring (bicyclic) bond motifs is 12. The SMILES string of the molecule is Cc1ccc(-n2c3ccccc3c3ccc(Oc4ccc5c(c4)-n4[c-][n+](C)c6cccc(c64)C54c5c(cc(C(C)(C)C)cc5C(C)(C)C)-c5cc(C(C)(C)C)cc(C(C)(C)C)c54)cc32)nc1. The van der Waals surface area contributed by atoms with E-state index in [9.17, 15) is 0 Å². The van der Waals surface area contributed by atoms with Crippen LogP contribution in [0, 0.1) is 13.3 Å². The summed E-state index contributed by atoms with van der Waals surface area (Å²) in [4.78, 5) is 4.88. The Balaban J connectivity index is 1.22. The minimum Gasteiger partial charge on any atom is -0.458 e. The fraction of sp³-hybridized carbons (Fsp3) is 0.311. The lowest BCUT2D eigenvalue weighted by Crippen LogP contribution is -2.38. The molecule has 0 saturated heterocycles. The maximum Gasteiger partial charge on any atom is 0.244 e. The molecule has 2 aliphatic rings. The van der Waals surface area contributed by atoms with Crippen LogP contribution in [0.2, 0.25) is 0 Å². The molecule has 11 rings (SSSR count). The predicted octanol–water partition coefficient (Wildman–Crippen LogP) is 14.7. The van der Waals surface area contributed by atoms with E-state index in [0.29, 0.717) is 0 Å². The van der Waals surface area contributed by atoms with Crippen molar-refractivity contribution in [1.29, 1.82) is 0 Å². The number of pyridine rings is 1. The summed E-state index contributed by atoms with van der Waals surface area (Å²) in [5, 5.41) is 2.35. The van der Waals surface area contributed by atoms with E-state index in [0.717, 1.165) is 50.5 Å². The highest BCUT2D eigenvalue weighted by atomic mass is 16.5. The Kier molecular flexibility index (Phi) is 8.82. The molecule has 9 aromatic rings. The number of hydrogen-bond acceptors (Lipinski definition) is 2. The molecule has 0 fully saturated rings. The van der Waals surface area contributed by atoms with Crippen LogP contribution in [0.3, 0.4) is 0 Å². The zero-order valence-electron chi connectivity index (χ0n) is 41.2. The predicted molar refractivity (Wildman–Crippen MR) is 272 cm³/mol. The molecule has 66 heavy (non-hydrogen) atoms. The van der Waals surface area contributed by atoms with Crippen LogP contribution in [-0.4, -0.2) is 14.1 Å². The Morgan fingerprint density at radius 1 is 0.576 bits per heavy atom. The van der Waals surface area contributed by atoms with Crippen molar-refractivity contribution in [1.82, 2.24) is 14.1 Å². The molecule has 5 nitrogen and oxygen atoms in total. The van der Waals surface area contributed by atoms with Crippen molar-refractivity contribution in [3.05, 3.63) is 178 Å². The lowest BCUT2D eigenvalue weighted by atomic mass is 9.60. The number of benzene rings is 6. The van der Waals surface area contributed by atoms with Gasteiger partial charge in [-0.15, -0.1) is 0 Å². The first kappa shape index (κ1) is 42.2. The van der Waals surface area contributed by atoms with Gasteiger partial charge in [-0.3, -0.25) is 4.57 Å². The first-order valence-electron chi connectivity index (χ1n) is 23.7. The lowest BCUT2D eigenvalue weighted by Gasteiger charge is -2.45. The third kappa shape index (κ3) is 6.04. The van der Waals surface area contributed by atoms with Gasteiger partial charge in [0.1, 0.15) is 17.3 Å². The number of hydrogen-bond donors (Lipinski definition) is 0. The van der Waals surface area contributed by atoms with Crippen LogP contribution in [0.15, 0.2) is 121 Å². The fourth-order valence-electron chi connectivity index (χ4n) is 11.2. The van der Waals surface area contributed by atoms with E-state index in [1.165, 1.54) is 66.5 Å². The number of aromatic nitrogens is 4. The van der Waals surface area contributed by atoms with Crippen molar-refractivity contribution in [2.45, 2.75) is 117 Å². The summed E-state index contributed by atoms with van der Waals surface area (Å²) in [7, 11) is 2.13. The summed E-state index contributed by atoms with van der Waals surface area (Å²) in [6, 6.07) is 43.2. The average molecular weight is 867 g/mol. The topological polar surface area (TPSA) is 35.9 Å². The second kappa shape index (κ2) is 13.8. The third-order valence-electron chi connectivity index (χ3n) is 14.5. The van der Waals surface area contributed by atoms with Crippen LogP contribution in [0.25, 0.3) is 55.5 Å². The van der Waals surface area contributed by atoms with E-state index >= 15 is 0 Å². The van der Waals surface area contributed by atoms with Crippen molar-refractivity contribution in [2.24, 2.45) is 7.05 Å². The maximum absolute atomic E-state index is 7.03. The Bertz CT molecular complexity index is 3410. The van der Waals surface area contributed by atoms with E-state index in [-0.39, 0.29) is 21.7 Å². The standard InChI is InChI=1S/C61H62N4O/c1-36-22-27-53(62-34-36)65-49-20-16-15-18-41(49)42-25-23-39(32-51(42)65)66-40-24-26-45-52(33-40)64-35-63(14)50-21-17-19-46(56(50)64)61(45)54-43(28-37(57(2,3)4)30-47(54)59(8,9)10)44-29-38(58(5,6)7)31-48(55(44)61)60(11,12)13/h15-34H,1-14H3. The molecule has 4 heterocycles. The van der Waals surface area contributed by atoms with E-state index in [2.05, 4.69) is 232 Å². The summed E-state index contributed by atoms with van der Waals surface area (Å²) >= 11 is 0. The normalized spacial score (nSPS) is 14.3. The van der Waals surface area contributed by atoms with Gasteiger partial charge in [0, 0.05) is 23.0 Å². The number of para-hydroxylation sites is 2. The molecule has 1 aliphatic carbocycles. The molecule has 1 spiro atoms. The van der Waals surface area contributed by atoms with Gasteiger partial charge in [0.2, 0.25) is 6.33 Å². The minimum atomic E-state index is -0.647. The lowest BCUT2D eigenvalue weighted by molar-refractivity contribution is -0.649. The summed E-state index contributed by atoms with van der Waals surface area (Å²) in [5.41, 5.74) is 19.2. The highest BCUT2D eigenvalue weighted by molar-refractivity contribution is 6.09. The molecule has 6 aromatic carbocycles. The molecule has 0 saturated carbocycles. The van der Waals surface area contributed by atoms with Crippen LogP contribution >= 0.6 is 0 Å². The van der Waals surface area contributed by atoms with Gasteiger partial charge in [-0.05, 0) is 126 Å². The Hall–Kier alpha value is -6.46. The number of ether oxygens (including phenoxy) is 1. The van der Waals surface area contributed by atoms with E-state index in [4.69, 9.17) is 9.72 Å². The molecular formula is C61H62N4O. The van der Waals surface area contributed by atoms with Crippen LogP contribution in [0.5, 0.6) is 11.5 Å². The van der Waals surface area contributed by atoms with Gasteiger partial charge in [-0.25, -0.2) is 4.98 Å². The van der Waals surface area contributed by atoms with Gasteiger partial charge in [0.15, 0.2) is 0 Å². The molecule has 3 aromatic heterocycles. The van der Waals surface area contributed by atoms with Gasteiger partial charge < -0.3 is 13.9 Å². The number of rotatable bonds is 3. The zero-order valence-corrected chi connectivity index (χ0v) is 41.2. The van der Waals surface area contributed by atoms with Crippen LogP contribution in [0.1, 0.15) is 133 Å². The Labute approximate surface area is 390 Å². The molecular weight excluding hydrogens is 805 g/mol. The van der Waals surface area contributed by atoms with Gasteiger partial charge in [-0.2, -0.15) is 0 Å². The molecule has 0 radical (unpaired) electrons. The maximum atomic E-state index is 7.03. The van der Waals surface area contributed by atoms with Crippen LogP contribution in [-0.2, 0) is 34.1 Å². The van der Waals surface area contributed by atoms with Gasteiger partial charge in [0.05, 0.1) is 40.2 Å². The smallest absolute Gasteiger partial charge is 0.244 e. The van der Waals surface area contributed by atoms with Crippen molar-refractivity contribution in [3.63, 3.8) is 0 Å². The van der Waals surface area contributed by atoms with Gasteiger partial charge in [0.25, 0.3) is 0 Å². The van der Waals surface area contributed by atoms with Crippen molar-refractivity contribution in [3.8, 4) is 34.1 Å². The highest BCUT2D eigenvalue weighted by Gasteiger charge is 2.54. The van der Waals surface area contributed by atoms with Gasteiger partial charge >= 0.3 is 0 Å². The molecule has 332 valence electrons. The first-order chi connectivity index (χ1) is 31.1. The van der Waals surface area contributed by atoms with Crippen molar-refractivity contribution >= 4 is 32.8 Å². The first-order valence-corrected chi connectivity index (χ1v) is 23.7. The Morgan fingerprint density at radius 2 is 1.18 bits per heavy atom. The van der Waals surface area contributed by atoms with Crippen LogP contribution in [0.4, 0.5) is 0 Å². The van der Waals surface area contributed by atoms with E-state index < -0.39 is 5.41 Å². The fourth-order valence-corrected chi connectivity index (χ4v) is 11.2. The van der Waals surface area contributed by atoms with Gasteiger partial charge in [-0.1, -0.05) is 156 Å². The number of nitrogens with zero attached hydrogens (tertiary/aromatic N) is 4. The van der Waals surface area contributed by atoms with Crippen molar-refractivity contribution < 1.29 is 9.30 Å². The Morgan fingerprint density at radius 3 is 1.79 bits per heavy atom. The zero-order chi connectivity index (χ0) is 46.6. The summed E-state index contributed by atoms with van der Waals surface area (Å²) in [5.74, 6) is 2.42. The quantitative estimate of drug-likeness (QED) is 0.131. The summed E-state index contributed by atoms with van der Waals surface area (Å²) in [6.07, 6.45) is 5.72. The average Bonchev–Trinajstić information content (AvgIpc) is 3.87. The molecule has 0 amide bonds. The number of aryl methyl sites for hydroxylation is 2.